The first-order valence-electron chi connectivity index (χ1n) is 8.18. The Morgan fingerprint density at radius 3 is 2.59 bits per heavy atom. The van der Waals surface area contributed by atoms with Crippen molar-refractivity contribution in [1.29, 1.82) is 0 Å². The van der Waals surface area contributed by atoms with Crippen LogP contribution in [0.25, 0.3) is 0 Å². The highest BCUT2D eigenvalue weighted by atomic mass is 16.6. The first-order valence-corrected chi connectivity index (χ1v) is 8.18. The Labute approximate surface area is 132 Å². The minimum Gasteiger partial charge on any atom is -0.451 e. The molecular weight excluding hydrogens is 286 g/mol. The van der Waals surface area contributed by atoms with Crippen LogP contribution >= 0.6 is 0 Å². The zero-order valence-corrected chi connectivity index (χ0v) is 14.1. The zero-order valence-electron chi connectivity index (χ0n) is 14.1. The average Bonchev–Trinajstić information content (AvgIpc) is 2.97. The third-order valence-corrected chi connectivity index (χ3v) is 3.66. The smallest absolute Gasteiger partial charge is 0.335 e. The number of carbonyl (C=O) groups excluding carboxylic acids is 2. The van der Waals surface area contributed by atoms with E-state index in [9.17, 15) is 9.59 Å². The first kappa shape index (κ1) is 18.9. The highest BCUT2D eigenvalue weighted by Gasteiger charge is 2.24. The summed E-state index contributed by atoms with van der Waals surface area (Å²) in [7, 11) is 0. The molecule has 0 aliphatic carbocycles. The van der Waals surface area contributed by atoms with Crippen molar-refractivity contribution < 1.29 is 23.8 Å². The van der Waals surface area contributed by atoms with Gasteiger partial charge in [-0.1, -0.05) is 13.3 Å². The number of esters is 1. The molecule has 0 spiro atoms. The summed E-state index contributed by atoms with van der Waals surface area (Å²) in [5.41, 5.74) is 0. The third kappa shape index (κ3) is 6.75. The lowest BCUT2D eigenvalue weighted by Crippen LogP contribution is -2.42. The molecule has 0 bridgehead atoms. The van der Waals surface area contributed by atoms with Crippen molar-refractivity contribution in [2.24, 2.45) is 0 Å². The second-order valence-corrected chi connectivity index (χ2v) is 5.89. The third-order valence-electron chi connectivity index (χ3n) is 3.66. The van der Waals surface area contributed by atoms with Crippen molar-refractivity contribution in [3.05, 3.63) is 0 Å². The predicted molar refractivity (Wildman–Crippen MR) is 82.5 cm³/mol. The van der Waals surface area contributed by atoms with Crippen LogP contribution in [0.1, 0.15) is 53.4 Å². The van der Waals surface area contributed by atoms with Crippen LogP contribution in [-0.4, -0.2) is 49.4 Å². The van der Waals surface area contributed by atoms with Gasteiger partial charge in [-0.25, -0.2) is 4.79 Å². The average molecular weight is 315 g/mol. The second kappa shape index (κ2) is 9.79. The largest absolute Gasteiger partial charge is 0.451 e. The summed E-state index contributed by atoms with van der Waals surface area (Å²) in [6.07, 6.45) is 2.41. The molecule has 0 aromatic heterocycles. The lowest BCUT2D eigenvalue weighted by molar-refractivity contribution is -0.166. The topological polar surface area (TPSA) is 73.9 Å². The molecule has 1 amide bonds. The van der Waals surface area contributed by atoms with Crippen LogP contribution in [0.2, 0.25) is 0 Å². The summed E-state index contributed by atoms with van der Waals surface area (Å²) in [5, 5.41) is 2.82. The van der Waals surface area contributed by atoms with Crippen molar-refractivity contribution in [3.8, 4) is 0 Å². The number of rotatable bonds is 9. The molecule has 22 heavy (non-hydrogen) atoms. The molecule has 1 aliphatic heterocycles. The molecule has 0 aromatic rings. The summed E-state index contributed by atoms with van der Waals surface area (Å²) in [4.78, 5) is 23.8. The summed E-state index contributed by atoms with van der Waals surface area (Å²) >= 11 is 0. The van der Waals surface area contributed by atoms with E-state index in [2.05, 4.69) is 12.2 Å². The van der Waals surface area contributed by atoms with Crippen LogP contribution < -0.4 is 5.32 Å². The van der Waals surface area contributed by atoms with Gasteiger partial charge in [0.05, 0.1) is 12.7 Å². The molecule has 1 heterocycles. The molecule has 4 atom stereocenters. The number of ether oxygens (including phenoxy) is 3. The second-order valence-electron chi connectivity index (χ2n) is 5.89. The van der Waals surface area contributed by atoms with Crippen molar-refractivity contribution in [2.45, 2.75) is 77.7 Å². The maximum Gasteiger partial charge on any atom is 0.335 e. The molecule has 1 N–H and O–H groups in total. The Kier molecular flexibility index (Phi) is 8.42. The fourth-order valence-corrected chi connectivity index (χ4v) is 2.28. The molecule has 1 rings (SSSR count). The molecular formula is C16H29NO5. The van der Waals surface area contributed by atoms with Gasteiger partial charge in [0.15, 0.2) is 12.2 Å². The number of hydrogen-bond donors (Lipinski definition) is 1. The zero-order chi connectivity index (χ0) is 16.5. The van der Waals surface area contributed by atoms with Crippen molar-refractivity contribution in [1.82, 2.24) is 5.32 Å². The van der Waals surface area contributed by atoms with Crippen molar-refractivity contribution >= 4 is 11.9 Å². The molecule has 0 saturated carbocycles. The number of carbonyl (C=O) groups is 2. The van der Waals surface area contributed by atoms with E-state index in [0.717, 1.165) is 32.3 Å². The van der Waals surface area contributed by atoms with Crippen molar-refractivity contribution in [3.63, 3.8) is 0 Å². The monoisotopic (exact) mass is 315 g/mol. The van der Waals surface area contributed by atoms with Gasteiger partial charge in [0.1, 0.15) is 0 Å². The van der Waals surface area contributed by atoms with Crippen LogP contribution in [0.5, 0.6) is 0 Å². The number of hydrogen-bond acceptors (Lipinski definition) is 5. The fraction of sp³-hybridized carbons (Fsp3) is 0.875. The molecule has 4 unspecified atom stereocenters. The van der Waals surface area contributed by atoms with E-state index in [1.165, 1.54) is 0 Å². The van der Waals surface area contributed by atoms with Gasteiger partial charge in [0.25, 0.3) is 5.91 Å². The van der Waals surface area contributed by atoms with E-state index in [-0.39, 0.29) is 18.1 Å². The molecule has 1 aliphatic rings. The van der Waals surface area contributed by atoms with Gasteiger partial charge in [-0.3, -0.25) is 4.79 Å². The number of amides is 1. The molecule has 1 saturated heterocycles. The molecule has 6 heteroatoms. The normalized spacial score (nSPS) is 21.9. The quantitative estimate of drug-likeness (QED) is 0.657. The standard InChI is InChI=1S/C16H29NO5/c1-5-7-11(2)17-15(18)12(3)22-16(19)13(4)21-10-14-8-6-9-20-14/h11-14H,5-10H2,1-4H3,(H,17,18). The van der Waals surface area contributed by atoms with Crippen LogP contribution in [-0.2, 0) is 23.8 Å². The van der Waals surface area contributed by atoms with Gasteiger partial charge in [-0.15, -0.1) is 0 Å². The van der Waals surface area contributed by atoms with Crippen LogP contribution in [0, 0.1) is 0 Å². The van der Waals surface area contributed by atoms with Crippen LogP contribution in [0.3, 0.4) is 0 Å². The van der Waals surface area contributed by atoms with Crippen LogP contribution in [0.4, 0.5) is 0 Å². The molecule has 1 fully saturated rings. The minimum absolute atomic E-state index is 0.0610. The van der Waals surface area contributed by atoms with Gasteiger partial charge in [-0.05, 0) is 40.0 Å². The Balaban J connectivity index is 2.27. The van der Waals surface area contributed by atoms with E-state index < -0.39 is 18.2 Å². The first-order chi connectivity index (χ1) is 10.4. The van der Waals surface area contributed by atoms with E-state index in [1.54, 1.807) is 13.8 Å². The Morgan fingerprint density at radius 1 is 1.27 bits per heavy atom. The summed E-state index contributed by atoms with van der Waals surface area (Å²) in [6.45, 7) is 8.31. The van der Waals surface area contributed by atoms with Gasteiger partial charge in [0.2, 0.25) is 0 Å². The lowest BCUT2D eigenvalue weighted by atomic mass is 10.2. The Bertz CT molecular complexity index is 354. The van der Waals surface area contributed by atoms with Gasteiger partial charge in [0, 0.05) is 12.6 Å². The van der Waals surface area contributed by atoms with Gasteiger partial charge < -0.3 is 19.5 Å². The van der Waals surface area contributed by atoms with E-state index in [4.69, 9.17) is 14.2 Å². The van der Waals surface area contributed by atoms with Gasteiger partial charge in [-0.2, -0.15) is 0 Å². The van der Waals surface area contributed by atoms with E-state index in [0.29, 0.717) is 6.61 Å². The lowest BCUT2D eigenvalue weighted by Gasteiger charge is -2.20. The highest BCUT2D eigenvalue weighted by molar-refractivity contribution is 5.84. The van der Waals surface area contributed by atoms with Crippen LogP contribution in [0.15, 0.2) is 0 Å². The van der Waals surface area contributed by atoms with E-state index in [1.807, 2.05) is 6.92 Å². The summed E-state index contributed by atoms with van der Waals surface area (Å²) in [5.74, 6) is -0.801. The molecule has 128 valence electrons. The molecule has 6 nitrogen and oxygen atoms in total. The summed E-state index contributed by atoms with van der Waals surface area (Å²) < 4.78 is 16.0. The predicted octanol–water partition coefficient (Wildman–Crippen LogP) is 1.81. The summed E-state index contributed by atoms with van der Waals surface area (Å²) in [6, 6.07) is 0.0758. The highest BCUT2D eigenvalue weighted by Crippen LogP contribution is 2.13. The molecule has 0 radical (unpaired) electrons. The van der Waals surface area contributed by atoms with E-state index >= 15 is 0 Å². The minimum atomic E-state index is -0.819. The molecule has 0 aromatic carbocycles. The maximum atomic E-state index is 11.9. The maximum absolute atomic E-state index is 11.9. The SMILES string of the molecule is CCCC(C)NC(=O)C(C)OC(=O)C(C)OCC1CCCO1. The van der Waals surface area contributed by atoms with Crippen molar-refractivity contribution in [2.75, 3.05) is 13.2 Å². The van der Waals surface area contributed by atoms with Gasteiger partial charge >= 0.3 is 5.97 Å². The fourth-order valence-electron chi connectivity index (χ4n) is 2.28. The number of nitrogens with one attached hydrogen (secondary N) is 1. The Hall–Kier alpha value is -1.14. The Morgan fingerprint density at radius 2 is 2.00 bits per heavy atom.